The van der Waals surface area contributed by atoms with Gasteiger partial charge in [-0.05, 0) is 12.1 Å². The molecule has 1 heterocycles. The van der Waals surface area contributed by atoms with E-state index in [1.807, 2.05) is 0 Å². The van der Waals surface area contributed by atoms with Crippen LogP contribution >= 0.6 is 0 Å². The fourth-order valence-corrected chi connectivity index (χ4v) is 1.01. The summed E-state index contributed by atoms with van der Waals surface area (Å²) in [6, 6.07) is 3.64. The van der Waals surface area contributed by atoms with Crippen molar-refractivity contribution in [3.63, 3.8) is 0 Å². The van der Waals surface area contributed by atoms with Gasteiger partial charge in [0, 0.05) is 7.05 Å². The molecule has 3 nitrogen and oxygen atoms in total. The van der Waals surface area contributed by atoms with E-state index in [-0.39, 0.29) is 5.69 Å². The maximum absolute atomic E-state index is 12.6. The number of hydrogen-bond donors (Lipinski definition) is 0. The molecule has 1 aromatic rings. The van der Waals surface area contributed by atoms with E-state index in [9.17, 15) is 18.0 Å². The highest BCUT2D eigenvalue weighted by atomic mass is 19.3. The Hall–Kier alpha value is -1.59. The number of amides is 1. The molecule has 0 N–H and O–H groups in total. The Balaban J connectivity index is 2.76. The molecule has 82 valence electrons. The van der Waals surface area contributed by atoms with Crippen LogP contribution in [0.15, 0.2) is 18.2 Å². The van der Waals surface area contributed by atoms with Crippen molar-refractivity contribution in [2.45, 2.75) is 6.43 Å². The van der Waals surface area contributed by atoms with Crippen molar-refractivity contribution in [1.29, 1.82) is 0 Å². The lowest BCUT2D eigenvalue weighted by atomic mass is 10.3. The summed E-state index contributed by atoms with van der Waals surface area (Å²) in [5, 5.41) is 0. The molecular weight excluding hydrogens is 209 g/mol. The van der Waals surface area contributed by atoms with Crippen molar-refractivity contribution >= 4 is 5.91 Å². The topological polar surface area (TPSA) is 33.2 Å². The minimum atomic E-state index is -2.62. The third-order valence-corrected chi connectivity index (χ3v) is 1.69. The molecule has 0 saturated carbocycles. The molecule has 0 radical (unpaired) electrons. The molecule has 0 aromatic carbocycles. The zero-order valence-electron chi connectivity index (χ0n) is 7.95. The number of rotatable bonds is 3. The Kier molecular flexibility index (Phi) is 3.65. The summed E-state index contributed by atoms with van der Waals surface area (Å²) in [5.74, 6) is -1.54. The van der Waals surface area contributed by atoms with Crippen LogP contribution in [0.4, 0.5) is 13.2 Å². The van der Waals surface area contributed by atoms with Crippen LogP contribution in [0.5, 0.6) is 0 Å². The first-order valence-corrected chi connectivity index (χ1v) is 4.17. The highest BCUT2D eigenvalue weighted by molar-refractivity contribution is 5.92. The average Bonchev–Trinajstić information content (AvgIpc) is 2.15. The van der Waals surface area contributed by atoms with Gasteiger partial charge in [0.2, 0.25) is 5.95 Å². The monoisotopic (exact) mass is 218 g/mol. The Morgan fingerprint density at radius 1 is 1.53 bits per heavy atom. The number of alkyl halides is 2. The molecule has 0 spiro atoms. The van der Waals surface area contributed by atoms with Gasteiger partial charge in [0.15, 0.2) is 0 Å². The van der Waals surface area contributed by atoms with Gasteiger partial charge in [0.05, 0.1) is 6.54 Å². The van der Waals surface area contributed by atoms with Gasteiger partial charge in [-0.25, -0.2) is 13.8 Å². The van der Waals surface area contributed by atoms with E-state index in [1.54, 1.807) is 0 Å². The fourth-order valence-electron chi connectivity index (χ4n) is 1.01. The number of pyridine rings is 1. The number of halogens is 3. The highest BCUT2D eigenvalue weighted by Crippen LogP contribution is 2.04. The molecule has 1 amide bonds. The van der Waals surface area contributed by atoms with Gasteiger partial charge < -0.3 is 4.90 Å². The maximum atomic E-state index is 12.6. The number of nitrogens with zero attached hydrogens (tertiary/aromatic N) is 2. The van der Waals surface area contributed by atoms with E-state index < -0.39 is 24.8 Å². The maximum Gasteiger partial charge on any atom is 0.272 e. The number of carbonyl (C=O) groups is 1. The van der Waals surface area contributed by atoms with Crippen LogP contribution in [0.1, 0.15) is 10.5 Å². The van der Waals surface area contributed by atoms with Crippen molar-refractivity contribution in [3.8, 4) is 0 Å². The Labute approximate surface area is 84.5 Å². The molecule has 0 aliphatic heterocycles. The molecule has 1 rings (SSSR count). The van der Waals surface area contributed by atoms with Gasteiger partial charge in [-0.3, -0.25) is 4.79 Å². The van der Waals surface area contributed by atoms with Crippen LogP contribution in [0, 0.1) is 5.95 Å². The second kappa shape index (κ2) is 4.77. The van der Waals surface area contributed by atoms with Crippen LogP contribution in [-0.2, 0) is 0 Å². The van der Waals surface area contributed by atoms with Crippen molar-refractivity contribution in [2.24, 2.45) is 0 Å². The van der Waals surface area contributed by atoms with Gasteiger partial charge in [-0.2, -0.15) is 4.39 Å². The Bertz CT molecular complexity index is 357. The summed E-state index contributed by atoms with van der Waals surface area (Å²) in [6.45, 7) is -0.697. The first-order chi connectivity index (χ1) is 7.00. The second-order valence-corrected chi connectivity index (χ2v) is 2.92. The summed E-state index contributed by atoms with van der Waals surface area (Å²) in [5.41, 5.74) is -0.182. The average molecular weight is 218 g/mol. The van der Waals surface area contributed by atoms with Gasteiger partial charge in [-0.1, -0.05) is 6.07 Å². The molecular formula is C9H9F3N2O. The molecule has 6 heteroatoms. The first kappa shape index (κ1) is 11.5. The van der Waals surface area contributed by atoms with Crippen LogP contribution in [-0.4, -0.2) is 35.8 Å². The molecule has 0 atom stereocenters. The van der Waals surface area contributed by atoms with Crippen molar-refractivity contribution in [3.05, 3.63) is 29.8 Å². The van der Waals surface area contributed by atoms with E-state index >= 15 is 0 Å². The predicted octanol–water partition coefficient (Wildman–Crippen LogP) is 1.56. The molecule has 0 aliphatic carbocycles. The molecule has 0 bridgehead atoms. The Morgan fingerprint density at radius 2 is 2.20 bits per heavy atom. The van der Waals surface area contributed by atoms with Gasteiger partial charge in [-0.15, -0.1) is 0 Å². The minimum Gasteiger partial charge on any atom is -0.335 e. The molecule has 0 fully saturated rings. The van der Waals surface area contributed by atoms with E-state index in [0.717, 1.165) is 11.0 Å². The SMILES string of the molecule is CN(CC(F)F)C(=O)c1cccc(F)n1. The molecule has 0 saturated heterocycles. The minimum absolute atomic E-state index is 0.182. The lowest BCUT2D eigenvalue weighted by Crippen LogP contribution is -2.31. The van der Waals surface area contributed by atoms with Crippen molar-refractivity contribution in [1.82, 2.24) is 9.88 Å². The molecule has 15 heavy (non-hydrogen) atoms. The Morgan fingerprint density at radius 3 is 2.73 bits per heavy atom. The number of aromatic nitrogens is 1. The normalized spacial score (nSPS) is 10.5. The standard InChI is InChI=1S/C9H9F3N2O/c1-14(5-7(10)11)9(15)6-3-2-4-8(12)13-6/h2-4,7H,5H2,1H3. The van der Waals surface area contributed by atoms with Crippen LogP contribution < -0.4 is 0 Å². The lowest BCUT2D eigenvalue weighted by molar-refractivity contribution is 0.0614. The third-order valence-electron chi connectivity index (χ3n) is 1.69. The second-order valence-electron chi connectivity index (χ2n) is 2.92. The molecule has 0 aliphatic rings. The van der Waals surface area contributed by atoms with E-state index in [2.05, 4.69) is 4.98 Å². The van der Waals surface area contributed by atoms with Crippen LogP contribution in [0.2, 0.25) is 0 Å². The van der Waals surface area contributed by atoms with E-state index in [1.165, 1.54) is 19.2 Å². The zero-order valence-corrected chi connectivity index (χ0v) is 7.95. The third kappa shape index (κ3) is 3.23. The highest BCUT2D eigenvalue weighted by Gasteiger charge is 2.16. The largest absolute Gasteiger partial charge is 0.335 e. The summed E-state index contributed by atoms with van der Waals surface area (Å²) in [4.78, 5) is 15.5. The van der Waals surface area contributed by atoms with Gasteiger partial charge in [0.25, 0.3) is 12.3 Å². The summed E-state index contributed by atoms with van der Waals surface area (Å²) in [6.07, 6.45) is -2.62. The number of carbonyl (C=O) groups excluding carboxylic acids is 1. The molecule has 0 unspecified atom stereocenters. The summed E-state index contributed by atoms with van der Waals surface area (Å²) < 4.78 is 36.5. The van der Waals surface area contributed by atoms with Crippen LogP contribution in [0.25, 0.3) is 0 Å². The predicted molar refractivity (Wildman–Crippen MR) is 47.2 cm³/mol. The molecule has 1 aromatic heterocycles. The smallest absolute Gasteiger partial charge is 0.272 e. The number of hydrogen-bond acceptors (Lipinski definition) is 2. The van der Waals surface area contributed by atoms with Crippen molar-refractivity contribution in [2.75, 3.05) is 13.6 Å². The summed E-state index contributed by atoms with van der Waals surface area (Å²) in [7, 11) is 1.21. The van der Waals surface area contributed by atoms with Crippen molar-refractivity contribution < 1.29 is 18.0 Å². The summed E-state index contributed by atoms with van der Waals surface area (Å²) >= 11 is 0. The fraction of sp³-hybridized carbons (Fsp3) is 0.333. The first-order valence-electron chi connectivity index (χ1n) is 4.17. The van der Waals surface area contributed by atoms with Gasteiger partial charge in [0.1, 0.15) is 5.69 Å². The van der Waals surface area contributed by atoms with Gasteiger partial charge >= 0.3 is 0 Å². The van der Waals surface area contributed by atoms with Crippen LogP contribution in [0.3, 0.4) is 0 Å². The quantitative estimate of drug-likeness (QED) is 0.721. The van der Waals surface area contributed by atoms with E-state index in [0.29, 0.717) is 0 Å². The lowest BCUT2D eigenvalue weighted by Gasteiger charge is -2.15. The van der Waals surface area contributed by atoms with E-state index in [4.69, 9.17) is 0 Å². The zero-order chi connectivity index (χ0) is 11.4.